The van der Waals surface area contributed by atoms with Crippen LogP contribution in [0.2, 0.25) is 0 Å². The lowest BCUT2D eigenvalue weighted by Gasteiger charge is -2.42. The van der Waals surface area contributed by atoms with Crippen LogP contribution in [0.25, 0.3) is 17.1 Å². The number of carbonyl (C=O) groups excluding carboxylic acids is 1. The number of carbonyl (C=O) groups is 1. The monoisotopic (exact) mass is 409 g/mol. The fourth-order valence-electron chi connectivity index (χ4n) is 4.46. The Kier molecular flexibility index (Phi) is 4.44. The number of methoxy groups -OCH3 is 1. The Hall–Kier alpha value is -3.79. The molecule has 1 atom stereocenters. The fraction of sp³-hybridized carbons (Fsp3) is 0.148. The second-order valence-electron chi connectivity index (χ2n) is 7.99. The Balaban J connectivity index is 1.77. The maximum Gasteiger partial charge on any atom is 0.241 e. The highest BCUT2D eigenvalue weighted by Crippen LogP contribution is 2.54. The number of anilines is 1. The molecule has 0 saturated carbocycles. The summed E-state index contributed by atoms with van der Waals surface area (Å²) in [7, 11) is 3.48. The molecule has 0 spiro atoms. The van der Waals surface area contributed by atoms with Gasteiger partial charge in [-0.15, -0.1) is 0 Å². The van der Waals surface area contributed by atoms with Gasteiger partial charge in [-0.05, 0) is 43.3 Å². The van der Waals surface area contributed by atoms with Crippen LogP contribution in [0, 0.1) is 5.41 Å². The third-order valence-electron chi connectivity index (χ3n) is 6.07. The second-order valence-corrected chi connectivity index (χ2v) is 7.99. The first kappa shape index (κ1) is 19.2. The molecular weight excluding hydrogens is 386 g/mol. The summed E-state index contributed by atoms with van der Waals surface area (Å²) in [6.07, 6.45) is 1.95. The first-order chi connectivity index (χ1) is 15.0. The summed E-state index contributed by atoms with van der Waals surface area (Å²) in [5.41, 5.74) is 3.77. The largest absolute Gasteiger partial charge is 0.497 e. The summed E-state index contributed by atoms with van der Waals surface area (Å²) in [5, 5.41) is 0. The number of hydrogen-bond donors (Lipinski definition) is 0. The standard InChI is InChI=1S/C27H23NO3/c1-27-17-23(18-13-15-20(30-3)16-14-18)31-25(19-9-5-4-6-10-19)24(27)21-11-7-8-12-22(21)28(2)26(27)29/h4-17H,1-3H3. The number of rotatable bonds is 3. The summed E-state index contributed by atoms with van der Waals surface area (Å²) in [6.45, 7) is 1.98. The van der Waals surface area contributed by atoms with E-state index < -0.39 is 5.41 Å². The van der Waals surface area contributed by atoms with E-state index in [1.165, 1.54) is 0 Å². The minimum absolute atomic E-state index is 0.0175. The number of para-hydroxylation sites is 1. The molecule has 0 fully saturated rings. The molecule has 0 aromatic heterocycles. The van der Waals surface area contributed by atoms with Crippen LogP contribution in [-0.2, 0) is 9.53 Å². The van der Waals surface area contributed by atoms with Crippen molar-refractivity contribution < 1.29 is 14.3 Å². The minimum Gasteiger partial charge on any atom is -0.497 e. The van der Waals surface area contributed by atoms with Crippen LogP contribution in [0.3, 0.4) is 0 Å². The first-order valence-corrected chi connectivity index (χ1v) is 10.3. The van der Waals surface area contributed by atoms with E-state index in [1.54, 1.807) is 12.0 Å². The zero-order valence-electron chi connectivity index (χ0n) is 17.8. The Bertz CT molecular complexity index is 1220. The van der Waals surface area contributed by atoms with E-state index in [9.17, 15) is 4.79 Å². The summed E-state index contributed by atoms with van der Waals surface area (Å²) in [6, 6.07) is 25.7. The van der Waals surface area contributed by atoms with Crippen LogP contribution in [0.15, 0.2) is 84.9 Å². The van der Waals surface area contributed by atoms with Gasteiger partial charge in [0.2, 0.25) is 5.91 Å². The third-order valence-corrected chi connectivity index (χ3v) is 6.07. The normalized spacial score (nSPS) is 19.9. The Morgan fingerprint density at radius 1 is 0.871 bits per heavy atom. The molecule has 0 radical (unpaired) electrons. The number of fused-ring (bicyclic) bond motifs is 3. The van der Waals surface area contributed by atoms with Gasteiger partial charge in [-0.2, -0.15) is 0 Å². The lowest BCUT2D eigenvalue weighted by atomic mass is 9.71. The molecule has 2 aliphatic rings. The molecule has 2 heterocycles. The van der Waals surface area contributed by atoms with Crippen molar-refractivity contribution >= 4 is 28.7 Å². The topological polar surface area (TPSA) is 38.8 Å². The van der Waals surface area contributed by atoms with Crippen molar-refractivity contribution in [3.8, 4) is 5.75 Å². The molecule has 4 nitrogen and oxygen atoms in total. The van der Waals surface area contributed by atoms with Crippen LogP contribution in [0.4, 0.5) is 5.69 Å². The number of ether oxygens (including phenoxy) is 2. The highest BCUT2D eigenvalue weighted by molar-refractivity contribution is 6.18. The molecule has 3 aromatic carbocycles. The van der Waals surface area contributed by atoms with E-state index in [4.69, 9.17) is 9.47 Å². The predicted molar refractivity (Wildman–Crippen MR) is 123 cm³/mol. The highest BCUT2D eigenvalue weighted by atomic mass is 16.5. The first-order valence-electron chi connectivity index (χ1n) is 10.3. The Morgan fingerprint density at radius 2 is 1.55 bits per heavy atom. The van der Waals surface area contributed by atoms with Crippen molar-refractivity contribution in [1.29, 1.82) is 0 Å². The van der Waals surface area contributed by atoms with Crippen LogP contribution in [0.1, 0.15) is 23.6 Å². The zero-order valence-corrected chi connectivity index (χ0v) is 17.8. The van der Waals surface area contributed by atoms with E-state index in [-0.39, 0.29) is 5.91 Å². The predicted octanol–water partition coefficient (Wildman–Crippen LogP) is 5.62. The van der Waals surface area contributed by atoms with Gasteiger partial charge in [0.15, 0.2) is 0 Å². The Morgan fingerprint density at radius 3 is 2.26 bits per heavy atom. The molecule has 154 valence electrons. The van der Waals surface area contributed by atoms with Crippen molar-refractivity contribution in [2.24, 2.45) is 5.41 Å². The van der Waals surface area contributed by atoms with Gasteiger partial charge >= 0.3 is 0 Å². The molecule has 31 heavy (non-hydrogen) atoms. The second kappa shape index (κ2) is 7.17. The lowest BCUT2D eigenvalue weighted by molar-refractivity contribution is -0.122. The van der Waals surface area contributed by atoms with Crippen molar-refractivity contribution in [2.75, 3.05) is 19.1 Å². The van der Waals surface area contributed by atoms with Crippen LogP contribution < -0.4 is 9.64 Å². The van der Waals surface area contributed by atoms with Crippen LogP contribution in [0.5, 0.6) is 5.75 Å². The minimum atomic E-state index is -0.859. The van der Waals surface area contributed by atoms with E-state index >= 15 is 0 Å². The van der Waals surface area contributed by atoms with Gasteiger partial charge in [-0.1, -0.05) is 48.5 Å². The summed E-state index contributed by atoms with van der Waals surface area (Å²) in [5.74, 6) is 2.16. The molecule has 0 saturated heterocycles. The molecule has 3 aromatic rings. The van der Waals surface area contributed by atoms with Crippen LogP contribution in [-0.4, -0.2) is 20.1 Å². The van der Waals surface area contributed by atoms with Crippen molar-refractivity contribution in [3.63, 3.8) is 0 Å². The number of nitrogens with zero attached hydrogens (tertiary/aromatic N) is 1. The van der Waals surface area contributed by atoms with E-state index in [0.29, 0.717) is 11.5 Å². The van der Waals surface area contributed by atoms with E-state index in [0.717, 1.165) is 33.7 Å². The van der Waals surface area contributed by atoms with Crippen molar-refractivity contribution in [3.05, 3.63) is 102 Å². The molecule has 5 rings (SSSR count). The summed E-state index contributed by atoms with van der Waals surface area (Å²) < 4.78 is 11.8. The molecular formula is C27H23NO3. The molecule has 0 N–H and O–H groups in total. The molecule has 0 bridgehead atoms. The zero-order chi connectivity index (χ0) is 21.6. The van der Waals surface area contributed by atoms with Gasteiger partial charge < -0.3 is 14.4 Å². The van der Waals surface area contributed by atoms with Gasteiger partial charge in [0.25, 0.3) is 0 Å². The maximum absolute atomic E-state index is 13.7. The fourth-order valence-corrected chi connectivity index (χ4v) is 4.46. The number of hydrogen-bond acceptors (Lipinski definition) is 3. The molecule has 2 aliphatic heterocycles. The van der Waals surface area contributed by atoms with Gasteiger partial charge in [0.05, 0.1) is 18.2 Å². The number of amides is 1. The summed E-state index contributed by atoms with van der Waals surface area (Å²) in [4.78, 5) is 15.4. The maximum atomic E-state index is 13.7. The van der Waals surface area contributed by atoms with Gasteiger partial charge in [0, 0.05) is 29.3 Å². The van der Waals surface area contributed by atoms with E-state index in [1.807, 2.05) is 92.8 Å². The molecule has 1 unspecified atom stereocenters. The quantitative estimate of drug-likeness (QED) is 0.564. The average molecular weight is 409 g/mol. The Labute approximate surface area is 182 Å². The van der Waals surface area contributed by atoms with Gasteiger partial charge in [-0.25, -0.2) is 0 Å². The number of benzene rings is 3. The van der Waals surface area contributed by atoms with Crippen molar-refractivity contribution in [2.45, 2.75) is 6.92 Å². The van der Waals surface area contributed by atoms with Gasteiger partial charge in [0.1, 0.15) is 17.3 Å². The smallest absolute Gasteiger partial charge is 0.241 e. The SMILES string of the molecule is COc1ccc(C2=CC3(C)C(=O)N(C)c4ccccc4C3=C(c3ccccc3)O2)cc1. The highest BCUT2D eigenvalue weighted by Gasteiger charge is 2.48. The summed E-state index contributed by atoms with van der Waals surface area (Å²) >= 11 is 0. The van der Waals surface area contributed by atoms with E-state index in [2.05, 4.69) is 6.07 Å². The molecule has 4 heteroatoms. The van der Waals surface area contributed by atoms with Crippen molar-refractivity contribution in [1.82, 2.24) is 0 Å². The third kappa shape index (κ3) is 2.95. The molecule has 1 amide bonds. The van der Waals surface area contributed by atoms with Crippen LogP contribution >= 0.6 is 0 Å². The lowest BCUT2D eigenvalue weighted by Crippen LogP contribution is -2.45. The molecule has 0 aliphatic carbocycles. The average Bonchev–Trinajstić information content (AvgIpc) is 2.82. The van der Waals surface area contributed by atoms with Gasteiger partial charge in [-0.3, -0.25) is 4.79 Å².